The number of rotatable bonds is 6. The Balaban J connectivity index is 1.40. The summed E-state index contributed by atoms with van der Waals surface area (Å²) in [5.41, 5.74) is 3.16. The second kappa shape index (κ2) is 10.3. The van der Waals surface area contributed by atoms with Gasteiger partial charge in [-0.15, -0.1) is 0 Å². The Morgan fingerprint density at radius 3 is 2.62 bits per heavy atom. The Labute approximate surface area is 172 Å². The first kappa shape index (κ1) is 21.2. The highest BCUT2D eigenvalue weighted by atomic mass is 19.1. The van der Waals surface area contributed by atoms with Gasteiger partial charge in [-0.1, -0.05) is 35.9 Å². The predicted molar refractivity (Wildman–Crippen MR) is 114 cm³/mol. The molecule has 4 nitrogen and oxygen atoms in total. The minimum Gasteiger partial charge on any atom is -0.356 e. The number of nitrogens with zero attached hydrogens (tertiary/aromatic N) is 2. The summed E-state index contributed by atoms with van der Waals surface area (Å²) < 4.78 is 26.7. The van der Waals surface area contributed by atoms with Crippen LogP contribution in [-0.4, -0.2) is 43.6 Å². The molecule has 2 aromatic rings. The van der Waals surface area contributed by atoms with Crippen LogP contribution < -0.4 is 10.6 Å². The average Bonchev–Trinajstić information content (AvgIpc) is 2.70. The molecule has 3 rings (SSSR count). The maximum atomic E-state index is 13.7. The van der Waals surface area contributed by atoms with E-state index in [1.807, 2.05) is 0 Å². The van der Waals surface area contributed by atoms with E-state index in [0.29, 0.717) is 24.6 Å². The van der Waals surface area contributed by atoms with E-state index in [0.717, 1.165) is 44.5 Å². The van der Waals surface area contributed by atoms with Crippen molar-refractivity contribution < 1.29 is 8.78 Å². The van der Waals surface area contributed by atoms with Gasteiger partial charge in [-0.2, -0.15) is 0 Å². The third-order valence-electron chi connectivity index (χ3n) is 5.34. The van der Waals surface area contributed by atoms with Gasteiger partial charge >= 0.3 is 0 Å². The molecule has 1 fully saturated rings. The van der Waals surface area contributed by atoms with Crippen molar-refractivity contribution in [1.82, 2.24) is 15.5 Å². The Bertz CT molecular complexity index is 829. The lowest BCUT2D eigenvalue weighted by Gasteiger charge is -2.33. The van der Waals surface area contributed by atoms with E-state index in [2.05, 4.69) is 51.7 Å². The van der Waals surface area contributed by atoms with Crippen molar-refractivity contribution in [3.05, 3.63) is 70.8 Å². The van der Waals surface area contributed by atoms with Crippen LogP contribution in [0.3, 0.4) is 0 Å². The quantitative estimate of drug-likeness (QED) is 0.574. The average molecular weight is 401 g/mol. The summed E-state index contributed by atoms with van der Waals surface area (Å²) in [4.78, 5) is 6.76. The van der Waals surface area contributed by atoms with E-state index in [1.54, 1.807) is 7.05 Å². The van der Waals surface area contributed by atoms with Crippen LogP contribution in [0.25, 0.3) is 0 Å². The van der Waals surface area contributed by atoms with Gasteiger partial charge in [0.25, 0.3) is 0 Å². The van der Waals surface area contributed by atoms with Crippen LogP contribution in [-0.2, 0) is 13.0 Å². The summed E-state index contributed by atoms with van der Waals surface area (Å²) in [6.07, 6.45) is 2.58. The molecule has 1 saturated heterocycles. The zero-order chi connectivity index (χ0) is 20.6. The molecule has 1 aliphatic rings. The summed E-state index contributed by atoms with van der Waals surface area (Å²) in [5.74, 6) is -0.328. The fourth-order valence-electron chi connectivity index (χ4n) is 3.73. The van der Waals surface area contributed by atoms with E-state index in [-0.39, 0.29) is 0 Å². The number of aryl methyl sites for hydroxylation is 1. The molecule has 0 radical (unpaired) electrons. The summed E-state index contributed by atoms with van der Waals surface area (Å²) in [6.45, 7) is 5.74. The van der Waals surface area contributed by atoms with Gasteiger partial charge in [0.05, 0.1) is 0 Å². The smallest absolute Gasteiger partial charge is 0.191 e. The van der Waals surface area contributed by atoms with E-state index in [1.165, 1.54) is 23.3 Å². The van der Waals surface area contributed by atoms with Gasteiger partial charge in [0.15, 0.2) is 5.96 Å². The maximum absolute atomic E-state index is 13.7. The van der Waals surface area contributed by atoms with Gasteiger partial charge < -0.3 is 10.6 Å². The van der Waals surface area contributed by atoms with Crippen molar-refractivity contribution in [2.24, 2.45) is 4.99 Å². The van der Waals surface area contributed by atoms with Gasteiger partial charge in [-0.25, -0.2) is 8.78 Å². The maximum Gasteiger partial charge on any atom is 0.191 e. The van der Waals surface area contributed by atoms with Crippen LogP contribution in [0.5, 0.6) is 0 Å². The molecule has 156 valence electrons. The number of guanidine groups is 1. The molecule has 6 heteroatoms. The van der Waals surface area contributed by atoms with Crippen molar-refractivity contribution in [3.8, 4) is 0 Å². The van der Waals surface area contributed by atoms with Crippen LogP contribution in [0, 0.1) is 18.6 Å². The Morgan fingerprint density at radius 1 is 1.14 bits per heavy atom. The monoisotopic (exact) mass is 400 g/mol. The highest BCUT2D eigenvalue weighted by molar-refractivity contribution is 5.79. The number of halogens is 2. The van der Waals surface area contributed by atoms with Crippen molar-refractivity contribution >= 4 is 5.96 Å². The highest BCUT2D eigenvalue weighted by Crippen LogP contribution is 2.15. The lowest BCUT2D eigenvalue weighted by atomic mass is 10.0. The van der Waals surface area contributed by atoms with E-state index >= 15 is 0 Å². The number of hydrogen-bond donors (Lipinski definition) is 2. The summed E-state index contributed by atoms with van der Waals surface area (Å²) >= 11 is 0. The molecular weight excluding hydrogens is 370 g/mol. The van der Waals surface area contributed by atoms with Crippen LogP contribution in [0.15, 0.2) is 47.5 Å². The molecule has 2 N–H and O–H groups in total. The number of nitrogens with one attached hydrogen (secondary N) is 2. The molecular formula is C23H30F2N4. The molecule has 0 bridgehead atoms. The number of piperidine rings is 1. The molecule has 0 aromatic heterocycles. The summed E-state index contributed by atoms with van der Waals surface area (Å²) in [6, 6.07) is 12.8. The largest absolute Gasteiger partial charge is 0.356 e. The van der Waals surface area contributed by atoms with Gasteiger partial charge in [0.1, 0.15) is 11.6 Å². The van der Waals surface area contributed by atoms with Gasteiger partial charge in [-0.05, 0) is 43.4 Å². The van der Waals surface area contributed by atoms with Crippen LogP contribution in [0.2, 0.25) is 0 Å². The molecule has 1 aliphatic heterocycles. The molecule has 0 unspecified atom stereocenters. The molecule has 2 aromatic carbocycles. The number of benzene rings is 2. The van der Waals surface area contributed by atoms with Gasteiger partial charge in [0, 0.05) is 45.3 Å². The summed E-state index contributed by atoms with van der Waals surface area (Å²) in [5, 5.41) is 6.70. The summed E-state index contributed by atoms with van der Waals surface area (Å²) in [7, 11) is 1.74. The second-order valence-electron chi connectivity index (χ2n) is 7.67. The molecule has 0 amide bonds. The van der Waals surface area contributed by atoms with Crippen molar-refractivity contribution in [2.75, 3.05) is 26.7 Å². The van der Waals surface area contributed by atoms with Gasteiger partial charge in [0.2, 0.25) is 0 Å². The SMILES string of the molecule is CN=C(NCCc1ccc(F)cc1F)NC1CCN(Cc2cccc(C)c2)CC1. The second-order valence-corrected chi connectivity index (χ2v) is 7.67. The standard InChI is InChI=1S/C23H30F2N4/c1-17-4-3-5-18(14-17)16-29-12-9-21(10-13-29)28-23(26-2)27-11-8-19-6-7-20(24)15-22(19)25/h3-7,14-15,21H,8-13,16H2,1-2H3,(H2,26,27,28). The normalized spacial score (nSPS) is 16.1. The lowest BCUT2D eigenvalue weighted by Crippen LogP contribution is -2.48. The first-order chi connectivity index (χ1) is 14.0. The number of hydrogen-bond acceptors (Lipinski definition) is 2. The zero-order valence-corrected chi connectivity index (χ0v) is 17.2. The fraction of sp³-hybridized carbons (Fsp3) is 0.435. The zero-order valence-electron chi connectivity index (χ0n) is 17.2. The van der Waals surface area contributed by atoms with E-state index in [4.69, 9.17) is 0 Å². The third kappa shape index (κ3) is 6.53. The number of aliphatic imine (C=N–C) groups is 1. The molecule has 29 heavy (non-hydrogen) atoms. The minimum atomic E-state index is -0.551. The topological polar surface area (TPSA) is 39.7 Å². The van der Waals surface area contributed by atoms with Crippen molar-refractivity contribution in [3.63, 3.8) is 0 Å². The van der Waals surface area contributed by atoms with Crippen LogP contribution >= 0.6 is 0 Å². The molecule has 1 heterocycles. The van der Waals surface area contributed by atoms with Crippen molar-refractivity contribution in [1.29, 1.82) is 0 Å². The first-order valence-corrected chi connectivity index (χ1v) is 10.2. The van der Waals surface area contributed by atoms with Gasteiger partial charge in [-0.3, -0.25) is 9.89 Å². The Morgan fingerprint density at radius 2 is 1.93 bits per heavy atom. The Hall–Kier alpha value is -2.47. The first-order valence-electron chi connectivity index (χ1n) is 10.2. The third-order valence-corrected chi connectivity index (χ3v) is 5.34. The molecule has 0 atom stereocenters. The van der Waals surface area contributed by atoms with E-state index in [9.17, 15) is 8.78 Å². The van der Waals surface area contributed by atoms with Crippen LogP contribution in [0.1, 0.15) is 29.5 Å². The van der Waals surface area contributed by atoms with Crippen LogP contribution in [0.4, 0.5) is 8.78 Å². The predicted octanol–water partition coefficient (Wildman–Crippen LogP) is 3.65. The highest BCUT2D eigenvalue weighted by Gasteiger charge is 2.20. The fourth-order valence-corrected chi connectivity index (χ4v) is 3.73. The lowest BCUT2D eigenvalue weighted by molar-refractivity contribution is 0.198. The van der Waals surface area contributed by atoms with E-state index < -0.39 is 11.6 Å². The minimum absolute atomic E-state index is 0.373. The molecule has 0 spiro atoms. The molecule has 0 aliphatic carbocycles. The van der Waals surface area contributed by atoms with Crippen molar-refractivity contribution in [2.45, 2.75) is 38.8 Å². The molecule has 0 saturated carbocycles. The number of likely N-dealkylation sites (tertiary alicyclic amines) is 1. The Kier molecular flexibility index (Phi) is 7.58.